The molecule has 1 aliphatic heterocycles. The smallest absolute Gasteiger partial charge is 0.236 e. The average Bonchev–Trinajstić information content (AvgIpc) is 2.33. The highest BCUT2D eigenvalue weighted by Crippen LogP contribution is 2.22. The van der Waals surface area contributed by atoms with Crippen LogP contribution in [0.3, 0.4) is 0 Å². The van der Waals surface area contributed by atoms with Crippen molar-refractivity contribution in [3.8, 4) is 5.88 Å². The molecular formula is C6H5ClN2O. The summed E-state index contributed by atoms with van der Waals surface area (Å²) in [6.07, 6.45) is 0.893. The van der Waals surface area contributed by atoms with Gasteiger partial charge in [-0.1, -0.05) is 11.6 Å². The van der Waals surface area contributed by atoms with E-state index in [0.717, 1.165) is 12.0 Å². The van der Waals surface area contributed by atoms with Crippen molar-refractivity contribution in [1.82, 2.24) is 10.2 Å². The molecule has 52 valence electrons. The number of fused-ring (bicyclic) bond motifs is 1. The summed E-state index contributed by atoms with van der Waals surface area (Å²) < 4.78 is 5.12. The van der Waals surface area contributed by atoms with Crippen LogP contribution in [0.2, 0.25) is 5.15 Å². The van der Waals surface area contributed by atoms with Crippen LogP contribution in [0.25, 0.3) is 0 Å². The molecule has 3 nitrogen and oxygen atoms in total. The maximum absolute atomic E-state index is 5.59. The second kappa shape index (κ2) is 2.09. The molecule has 0 fully saturated rings. The van der Waals surface area contributed by atoms with Gasteiger partial charge in [-0.15, -0.1) is 10.2 Å². The summed E-state index contributed by atoms with van der Waals surface area (Å²) in [7, 11) is 0. The van der Waals surface area contributed by atoms with Gasteiger partial charge in [0.05, 0.1) is 6.61 Å². The van der Waals surface area contributed by atoms with Crippen LogP contribution >= 0.6 is 11.6 Å². The van der Waals surface area contributed by atoms with Crippen molar-refractivity contribution in [3.63, 3.8) is 0 Å². The van der Waals surface area contributed by atoms with Gasteiger partial charge in [0.15, 0.2) is 5.15 Å². The van der Waals surface area contributed by atoms with Gasteiger partial charge in [0.25, 0.3) is 0 Å². The summed E-state index contributed by atoms with van der Waals surface area (Å²) in [6.45, 7) is 0.699. The van der Waals surface area contributed by atoms with Crippen LogP contribution in [0.1, 0.15) is 5.56 Å². The van der Waals surface area contributed by atoms with Gasteiger partial charge in [-0.3, -0.25) is 0 Å². The minimum atomic E-state index is 0.434. The highest BCUT2D eigenvalue weighted by molar-refractivity contribution is 6.29. The van der Waals surface area contributed by atoms with Crippen molar-refractivity contribution >= 4 is 11.6 Å². The summed E-state index contributed by atoms with van der Waals surface area (Å²) in [5.74, 6) is 0.629. The van der Waals surface area contributed by atoms with E-state index < -0.39 is 0 Å². The van der Waals surface area contributed by atoms with Gasteiger partial charge in [-0.05, 0) is 6.07 Å². The molecule has 0 aromatic carbocycles. The van der Waals surface area contributed by atoms with E-state index >= 15 is 0 Å². The third-order valence-electron chi connectivity index (χ3n) is 1.41. The molecule has 0 N–H and O–H groups in total. The molecule has 0 saturated carbocycles. The fraction of sp³-hybridized carbons (Fsp3) is 0.333. The highest BCUT2D eigenvalue weighted by Gasteiger charge is 2.13. The standard InChI is InChI=1S/C6H5ClN2O/c7-5-3-4-1-2-10-6(4)9-8-5/h3H,1-2H2. The van der Waals surface area contributed by atoms with Crippen LogP contribution in [-0.2, 0) is 6.42 Å². The lowest BCUT2D eigenvalue weighted by atomic mass is 10.2. The molecule has 0 spiro atoms. The number of hydrogen-bond acceptors (Lipinski definition) is 3. The van der Waals surface area contributed by atoms with Gasteiger partial charge in [0.1, 0.15) is 0 Å². The summed E-state index contributed by atoms with van der Waals surface area (Å²) in [4.78, 5) is 0. The molecule has 4 heteroatoms. The van der Waals surface area contributed by atoms with Crippen LogP contribution in [0, 0.1) is 0 Å². The lowest BCUT2D eigenvalue weighted by Gasteiger charge is -1.93. The van der Waals surface area contributed by atoms with Crippen molar-refractivity contribution in [3.05, 3.63) is 16.8 Å². The summed E-state index contributed by atoms with van der Waals surface area (Å²) in [5, 5.41) is 7.83. The fourth-order valence-electron chi connectivity index (χ4n) is 0.950. The van der Waals surface area contributed by atoms with Crippen molar-refractivity contribution < 1.29 is 4.74 Å². The lowest BCUT2D eigenvalue weighted by molar-refractivity contribution is 0.341. The topological polar surface area (TPSA) is 35.0 Å². The predicted molar refractivity (Wildman–Crippen MR) is 36.2 cm³/mol. The minimum Gasteiger partial charge on any atom is -0.476 e. The van der Waals surface area contributed by atoms with Crippen LogP contribution < -0.4 is 4.74 Å². The Bertz CT molecular complexity index is 264. The van der Waals surface area contributed by atoms with Crippen molar-refractivity contribution in [2.45, 2.75) is 6.42 Å². The van der Waals surface area contributed by atoms with Gasteiger partial charge >= 0.3 is 0 Å². The largest absolute Gasteiger partial charge is 0.476 e. The van der Waals surface area contributed by atoms with E-state index in [-0.39, 0.29) is 0 Å². The number of nitrogens with zero attached hydrogens (tertiary/aromatic N) is 2. The van der Waals surface area contributed by atoms with E-state index in [0.29, 0.717) is 17.6 Å². The minimum absolute atomic E-state index is 0.434. The first-order valence-corrected chi connectivity index (χ1v) is 3.39. The fourth-order valence-corrected chi connectivity index (χ4v) is 1.12. The molecule has 0 atom stereocenters. The monoisotopic (exact) mass is 156 g/mol. The number of aromatic nitrogens is 2. The first-order valence-electron chi connectivity index (χ1n) is 3.01. The first-order chi connectivity index (χ1) is 4.86. The van der Waals surface area contributed by atoms with E-state index in [1.54, 1.807) is 6.07 Å². The second-order valence-electron chi connectivity index (χ2n) is 2.10. The summed E-state index contributed by atoms with van der Waals surface area (Å²) >= 11 is 5.59. The Balaban J connectivity index is 2.52. The molecule has 2 heterocycles. The zero-order valence-corrected chi connectivity index (χ0v) is 5.93. The molecule has 0 unspecified atom stereocenters. The molecule has 10 heavy (non-hydrogen) atoms. The first kappa shape index (κ1) is 5.92. The molecule has 0 radical (unpaired) electrons. The Hall–Kier alpha value is -0.830. The molecule has 1 aliphatic rings. The van der Waals surface area contributed by atoms with Gasteiger partial charge in [0, 0.05) is 12.0 Å². The SMILES string of the molecule is Clc1cc2c(nn1)OCC2. The number of ether oxygens (including phenoxy) is 1. The Labute approximate surface area is 63.0 Å². The highest BCUT2D eigenvalue weighted by atomic mass is 35.5. The van der Waals surface area contributed by atoms with Gasteiger partial charge in [0.2, 0.25) is 5.88 Å². The van der Waals surface area contributed by atoms with Crippen molar-refractivity contribution in [2.75, 3.05) is 6.61 Å². The Morgan fingerprint density at radius 3 is 3.30 bits per heavy atom. The Morgan fingerprint density at radius 1 is 1.50 bits per heavy atom. The van der Waals surface area contributed by atoms with E-state index in [9.17, 15) is 0 Å². The lowest BCUT2D eigenvalue weighted by Crippen LogP contribution is -1.89. The Kier molecular flexibility index (Phi) is 1.24. The van der Waals surface area contributed by atoms with Crippen LogP contribution in [0.5, 0.6) is 5.88 Å². The van der Waals surface area contributed by atoms with Gasteiger partial charge in [-0.25, -0.2) is 0 Å². The second-order valence-corrected chi connectivity index (χ2v) is 2.48. The molecule has 2 rings (SSSR count). The third kappa shape index (κ3) is 0.827. The zero-order chi connectivity index (χ0) is 6.97. The van der Waals surface area contributed by atoms with E-state index in [1.807, 2.05) is 0 Å². The molecule has 1 aromatic heterocycles. The number of hydrogen-bond donors (Lipinski definition) is 0. The van der Waals surface area contributed by atoms with Crippen LogP contribution in [0.15, 0.2) is 6.07 Å². The predicted octanol–water partition coefficient (Wildman–Crippen LogP) is 1.06. The maximum Gasteiger partial charge on any atom is 0.236 e. The summed E-state index contributed by atoms with van der Waals surface area (Å²) in [5.41, 5.74) is 1.06. The normalized spacial score (nSPS) is 14.5. The van der Waals surface area contributed by atoms with Gasteiger partial charge in [-0.2, -0.15) is 0 Å². The molecule has 0 amide bonds. The Morgan fingerprint density at radius 2 is 2.40 bits per heavy atom. The van der Waals surface area contributed by atoms with Gasteiger partial charge < -0.3 is 4.74 Å². The zero-order valence-electron chi connectivity index (χ0n) is 5.17. The number of halogens is 1. The molecule has 0 saturated heterocycles. The van der Waals surface area contributed by atoms with Crippen LogP contribution in [-0.4, -0.2) is 16.8 Å². The third-order valence-corrected chi connectivity index (χ3v) is 1.60. The molecular weight excluding hydrogens is 152 g/mol. The van der Waals surface area contributed by atoms with E-state index in [1.165, 1.54) is 0 Å². The quantitative estimate of drug-likeness (QED) is 0.564. The maximum atomic E-state index is 5.59. The number of rotatable bonds is 0. The average molecular weight is 157 g/mol. The summed E-state index contributed by atoms with van der Waals surface area (Å²) in [6, 6.07) is 1.79. The molecule has 0 bridgehead atoms. The van der Waals surface area contributed by atoms with Crippen LogP contribution in [0.4, 0.5) is 0 Å². The molecule has 1 aromatic rings. The molecule has 0 aliphatic carbocycles. The van der Waals surface area contributed by atoms with E-state index in [4.69, 9.17) is 16.3 Å². The van der Waals surface area contributed by atoms with E-state index in [2.05, 4.69) is 10.2 Å². The van der Waals surface area contributed by atoms with Crippen molar-refractivity contribution in [1.29, 1.82) is 0 Å². The van der Waals surface area contributed by atoms with Crippen molar-refractivity contribution in [2.24, 2.45) is 0 Å².